The van der Waals surface area contributed by atoms with Crippen molar-refractivity contribution in [3.8, 4) is 11.5 Å². The first-order chi connectivity index (χ1) is 12.1. The van der Waals surface area contributed by atoms with E-state index in [-0.39, 0.29) is 17.7 Å². The average molecular weight is 347 g/mol. The van der Waals surface area contributed by atoms with Crippen LogP contribution >= 0.6 is 0 Å². The Hall–Kier alpha value is -2.04. The molecule has 1 aromatic rings. The van der Waals surface area contributed by atoms with Gasteiger partial charge in [0, 0.05) is 24.8 Å². The Morgan fingerprint density at radius 3 is 2.72 bits per heavy atom. The van der Waals surface area contributed by atoms with Gasteiger partial charge in [0.2, 0.25) is 5.91 Å². The number of carbonyl (C=O) groups excluding carboxylic acids is 2. The minimum absolute atomic E-state index is 0.0510. The van der Waals surface area contributed by atoms with E-state index in [2.05, 4.69) is 12.2 Å². The van der Waals surface area contributed by atoms with Crippen molar-refractivity contribution in [2.45, 2.75) is 51.9 Å². The molecule has 2 atom stereocenters. The van der Waals surface area contributed by atoms with Gasteiger partial charge in [-0.05, 0) is 30.9 Å². The van der Waals surface area contributed by atoms with E-state index in [0.29, 0.717) is 35.8 Å². The van der Waals surface area contributed by atoms with Crippen LogP contribution in [0.2, 0.25) is 0 Å². The third-order valence-electron chi connectivity index (χ3n) is 4.99. The van der Waals surface area contributed by atoms with Crippen molar-refractivity contribution in [2.75, 3.05) is 19.5 Å². The predicted molar refractivity (Wildman–Crippen MR) is 98.2 cm³/mol. The van der Waals surface area contributed by atoms with Gasteiger partial charge in [-0.25, -0.2) is 0 Å². The molecule has 0 radical (unpaired) electrons. The summed E-state index contributed by atoms with van der Waals surface area (Å²) < 4.78 is 10.5. The highest BCUT2D eigenvalue weighted by Gasteiger charge is 2.35. The van der Waals surface area contributed by atoms with E-state index in [4.69, 9.17) is 9.47 Å². The number of Topliss-reactive ketones (excluding diaryl/α,β-unsaturated/α-hetero) is 1. The van der Waals surface area contributed by atoms with Crippen LogP contribution in [0.15, 0.2) is 18.2 Å². The first kappa shape index (κ1) is 19.3. The van der Waals surface area contributed by atoms with Gasteiger partial charge >= 0.3 is 0 Å². The molecular formula is C20H29NO4. The summed E-state index contributed by atoms with van der Waals surface area (Å²) in [6.07, 6.45) is 6.09. The van der Waals surface area contributed by atoms with Crippen LogP contribution in [0.1, 0.15) is 51.9 Å². The summed E-state index contributed by atoms with van der Waals surface area (Å²) in [7, 11) is 3.15. The van der Waals surface area contributed by atoms with Crippen molar-refractivity contribution >= 4 is 17.4 Å². The normalized spacial score (nSPS) is 19.7. The van der Waals surface area contributed by atoms with E-state index in [1.54, 1.807) is 32.4 Å². The van der Waals surface area contributed by atoms with Crippen LogP contribution in [-0.4, -0.2) is 25.9 Å². The molecule has 2 rings (SSSR count). The highest BCUT2D eigenvalue weighted by Crippen LogP contribution is 2.36. The molecule has 0 bridgehead atoms. The maximum absolute atomic E-state index is 12.5. The molecule has 1 saturated carbocycles. The number of ether oxygens (including phenoxy) is 2. The smallest absolute Gasteiger partial charge is 0.224 e. The fourth-order valence-electron chi connectivity index (χ4n) is 3.57. The number of hydrogen-bond donors (Lipinski definition) is 1. The van der Waals surface area contributed by atoms with Crippen molar-refractivity contribution in [3.05, 3.63) is 18.2 Å². The van der Waals surface area contributed by atoms with Crippen molar-refractivity contribution in [2.24, 2.45) is 11.8 Å². The third-order valence-corrected chi connectivity index (χ3v) is 4.99. The molecule has 1 N–H and O–H groups in total. The number of hydrogen-bond acceptors (Lipinski definition) is 4. The largest absolute Gasteiger partial charge is 0.497 e. The van der Waals surface area contributed by atoms with Crippen LogP contribution in [0.4, 0.5) is 5.69 Å². The van der Waals surface area contributed by atoms with Gasteiger partial charge in [-0.15, -0.1) is 0 Å². The summed E-state index contributed by atoms with van der Waals surface area (Å²) in [5.74, 6) is 1.71. The van der Waals surface area contributed by atoms with E-state index in [1.807, 2.05) is 0 Å². The fourth-order valence-corrected chi connectivity index (χ4v) is 3.57. The van der Waals surface area contributed by atoms with E-state index >= 15 is 0 Å². The summed E-state index contributed by atoms with van der Waals surface area (Å²) in [5.41, 5.74) is 0.625. The second kappa shape index (κ2) is 9.44. The molecule has 25 heavy (non-hydrogen) atoms. The SMILES string of the molecule is CCCCCC1C(=O)CCC1CC(=O)Nc1ccc(OC)cc1OC. The third kappa shape index (κ3) is 5.21. The van der Waals surface area contributed by atoms with Crippen molar-refractivity contribution in [3.63, 3.8) is 0 Å². The maximum Gasteiger partial charge on any atom is 0.224 e. The van der Waals surface area contributed by atoms with E-state index in [9.17, 15) is 9.59 Å². The van der Waals surface area contributed by atoms with Crippen LogP contribution in [-0.2, 0) is 9.59 Å². The lowest BCUT2D eigenvalue weighted by molar-refractivity contribution is -0.122. The summed E-state index contributed by atoms with van der Waals surface area (Å²) in [6, 6.07) is 5.29. The molecule has 0 heterocycles. The quantitative estimate of drug-likeness (QED) is 0.680. The zero-order valence-corrected chi connectivity index (χ0v) is 15.5. The first-order valence-electron chi connectivity index (χ1n) is 9.13. The molecule has 0 spiro atoms. The minimum Gasteiger partial charge on any atom is -0.497 e. The average Bonchev–Trinajstić information content (AvgIpc) is 2.95. The van der Waals surface area contributed by atoms with Crippen LogP contribution < -0.4 is 14.8 Å². The standard InChI is InChI=1S/C20H29NO4/c1-4-5-6-7-16-14(8-11-18(16)22)12-20(23)21-17-10-9-15(24-2)13-19(17)25-3/h9-10,13-14,16H,4-8,11-12H2,1-3H3,(H,21,23). The lowest BCUT2D eigenvalue weighted by Crippen LogP contribution is -2.22. The summed E-state index contributed by atoms with van der Waals surface area (Å²) >= 11 is 0. The van der Waals surface area contributed by atoms with Crippen LogP contribution in [0.5, 0.6) is 11.5 Å². The lowest BCUT2D eigenvalue weighted by atomic mass is 9.87. The minimum atomic E-state index is -0.0661. The summed E-state index contributed by atoms with van der Waals surface area (Å²) in [5, 5.41) is 2.91. The predicted octanol–water partition coefficient (Wildman–Crippen LogP) is 4.21. The highest BCUT2D eigenvalue weighted by molar-refractivity contribution is 5.93. The molecule has 1 aromatic carbocycles. The molecular weight excluding hydrogens is 318 g/mol. The Kier molecular flexibility index (Phi) is 7.29. The van der Waals surface area contributed by atoms with Crippen molar-refractivity contribution < 1.29 is 19.1 Å². The van der Waals surface area contributed by atoms with Crippen molar-refractivity contribution in [1.82, 2.24) is 0 Å². The lowest BCUT2D eigenvalue weighted by Gasteiger charge is -2.18. The van der Waals surface area contributed by atoms with Gasteiger partial charge in [-0.1, -0.05) is 26.2 Å². The Morgan fingerprint density at radius 1 is 1.24 bits per heavy atom. The number of anilines is 1. The second-order valence-corrected chi connectivity index (χ2v) is 6.69. The van der Waals surface area contributed by atoms with Gasteiger partial charge < -0.3 is 14.8 Å². The molecule has 1 amide bonds. The van der Waals surface area contributed by atoms with Gasteiger partial charge in [0.25, 0.3) is 0 Å². The van der Waals surface area contributed by atoms with Crippen molar-refractivity contribution in [1.29, 1.82) is 0 Å². The Bertz CT molecular complexity index is 599. The monoisotopic (exact) mass is 347 g/mol. The molecule has 5 heteroatoms. The molecule has 0 aliphatic heterocycles. The van der Waals surface area contributed by atoms with Crippen LogP contribution in [0, 0.1) is 11.8 Å². The fraction of sp³-hybridized carbons (Fsp3) is 0.600. The zero-order chi connectivity index (χ0) is 18.2. The second-order valence-electron chi connectivity index (χ2n) is 6.69. The molecule has 0 saturated heterocycles. The van der Waals surface area contributed by atoms with Gasteiger partial charge in [0.15, 0.2) is 0 Å². The molecule has 1 aliphatic rings. The van der Waals surface area contributed by atoms with Crippen LogP contribution in [0.25, 0.3) is 0 Å². The van der Waals surface area contributed by atoms with Gasteiger partial charge in [0.1, 0.15) is 17.3 Å². The number of amides is 1. The van der Waals surface area contributed by atoms with E-state index in [0.717, 1.165) is 32.1 Å². The number of ketones is 1. The topological polar surface area (TPSA) is 64.6 Å². The summed E-state index contributed by atoms with van der Waals surface area (Å²) in [6.45, 7) is 2.16. The Labute approximate surface area is 150 Å². The summed E-state index contributed by atoms with van der Waals surface area (Å²) in [4.78, 5) is 24.6. The zero-order valence-electron chi connectivity index (χ0n) is 15.5. The Balaban J connectivity index is 1.96. The van der Waals surface area contributed by atoms with E-state index < -0.39 is 0 Å². The number of methoxy groups -OCH3 is 2. The number of rotatable bonds is 9. The molecule has 1 aliphatic carbocycles. The number of carbonyl (C=O) groups is 2. The molecule has 1 fully saturated rings. The van der Waals surface area contributed by atoms with E-state index in [1.165, 1.54) is 0 Å². The highest BCUT2D eigenvalue weighted by atomic mass is 16.5. The molecule has 0 aromatic heterocycles. The number of unbranched alkanes of at least 4 members (excludes halogenated alkanes) is 2. The number of benzene rings is 1. The van der Waals surface area contributed by atoms with Crippen LogP contribution in [0.3, 0.4) is 0 Å². The Morgan fingerprint density at radius 2 is 2.04 bits per heavy atom. The molecule has 5 nitrogen and oxygen atoms in total. The van der Waals surface area contributed by atoms with Gasteiger partial charge in [-0.3, -0.25) is 9.59 Å². The molecule has 138 valence electrons. The number of nitrogens with one attached hydrogen (secondary N) is 1. The molecule has 2 unspecified atom stereocenters. The van der Waals surface area contributed by atoms with Gasteiger partial charge in [-0.2, -0.15) is 0 Å². The van der Waals surface area contributed by atoms with Gasteiger partial charge in [0.05, 0.1) is 19.9 Å². The maximum atomic E-state index is 12.5. The first-order valence-corrected chi connectivity index (χ1v) is 9.13.